The Kier molecular flexibility index (Phi) is 5.99. The van der Waals surface area contributed by atoms with Gasteiger partial charge in [-0.1, -0.05) is 12.5 Å². The Balaban J connectivity index is 1.36. The highest BCUT2D eigenvalue weighted by Crippen LogP contribution is 2.35. The molecule has 0 amide bonds. The number of aromatic hydroxyl groups is 1. The number of nitrogens with one attached hydrogen (secondary N) is 1. The van der Waals surface area contributed by atoms with E-state index in [-0.39, 0.29) is 35.1 Å². The van der Waals surface area contributed by atoms with E-state index in [0.29, 0.717) is 29.4 Å². The zero-order valence-corrected chi connectivity index (χ0v) is 18.9. The number of hydrogen-bond donors (Lipinski definition) is 2. The van der Waals surface area contributed by atoms with Crippen molar-refractivity contribution >= 4 is 5.82 Å². The third kappa shape index (κ3) is 4.13. The number of ether oxygens (including phenoxy) is 1. The van der Waals surface area contributed by atoms with E-state index in [9.17, 15) is 9.50 Å². The molecule has 2 bridgehead atoms. The summed E-state index contributed by atoms with van der Waals surface area (Å²) >= 11 is 0. The first-order chi connectivity index (χ1) is 16.4. The topological polar surface area (TPSA) is 96.3 Å². The summed E-state index contributed by atoms with van der Waals surface area (Å²) in [5.74, 6) is 0.295. The van der Waals surface area contributed by atoms with Crippen LogP contribution in [0.5, 0.6) is 11.6 Å². The van der Waals surface area contributed by atoms with E-state index in [1.807, 2.05) is 11.9 Å². The zero-order chi connectivity index (χ0) is 23.8. The Hall–Kier alpha value is -3.40. The van der Waals surface area contributed by atoms with Gasteiger partial charge >= 0.3 is 0 Å². The first-order valence-corrected chi connectivity index (χ1v) is 11.3. The molecule has 8 nitrogen and oxygen atoms in total. The molecule has 0 aliphatic carbocycles. The minimum absolute atomic E-state index is 0.120. The maximum Gasteiger partial charge on any atom is 0.213 e. The van der Waals surface area contributed by atoms with Gasteiger partial charge < -0.3 is 20.1 Å². The monoisotopic (exact) mass is 468 g/mol. The van der Waals surface area contributed by atoms with Crippen molar-refractivity contribution < 1.29 is 18.6 Å². The Morgan fingerprint density at radius 3 is 2.71 bits per heavy atom. The quantitative estimate of drug-likeness (QED) is 0.587. The number of aromatic nitrogens is 4. The van der Waals surface area contributed by atoms with E-state index in [1.165, 1.54) is 25.4 Å². The molecular weight excluding hydrogens is 442 g/mol. The zero-order valence-electron chi connectivity index (χ0n) is 18.9. The van der Waals surface area contributed by atoms with Crippen molar-refractivity contribution in [1.29, 1.82) is 0 Å². The molecule has 2 aliphatic rings. The van der Waals surface area contributed by atoms with Crippen LogP contribution in [0.2, 0.25) is 0 Å². The molecule has 0 saturated carbocycles. The van der Waals surface area contributed by atoms with Crippen molar-refractivity contribution in [1.82, 2.24) is 25.5 Å². The summed E-state index contributed by atoms with van der Waals surface area (Å²) in [5.41, 5.74) is 1.05. The Morgan fingerprint density at radius 1 is 1.12 bits per heavy atom. The van der Waals surface area contributed by atoms with Crippen LogP contribution in [0.4, 0.5) is 14.6 Å². The van der Waals surface area contributed by atoms with Gasteiger partial charge in [0.1, 0.15) is 17.7 Å². The molecule has 10 heteroatoms. The lowest BCUT2D eigenvalue weighted by Gasteiger charge is -2.45. The minimum Gasteiger partial charge on any atom is -0.507 e. The molecule has 0 radical (unpaired) electrons. The molecule has 34 heavy (non-hydrogen) atoms. The van der Waals surface area contributed by atoms with Gasteiger partial charge in [-0.15, -0.1) is 10.2 Å². The molecule has 2 saturated heterocycles. The first-order valence-electron chi connectivity index (χ1n) is 11.3. The number of nitrogens with zero attached hydrogens (tertiary/aromatic N) is 5. The summed E-state index contributed by atoms with van der Waals surface area (Å²) in [7, 11) is 3.26. The Labute approximate surface area is 196 Å². The maximum atomic E-state index is 15.1. The Morgan fingerprint density at radius 2 is 1.97 bits per heavy atom. The van der Waals surface area contributed by atoms with Crippen molar-refractivity contribution in [2.75, 3.05) is 19.1 Å². The third-order valence-corrected chi connectivity index (χ3v) is 6.79. The summed E-state index contributed by atoms with van der Waals surface area (Å²) in [6.45, 7) is 0. The third-order valence-electron chi connectivity index (χ3n) is 6.79. The van der Waals surface area contributed by atoms with Crippen molar-refractivity contribution in [2.24, 2.45) is 0 Å². The molecule has 4 heterocycles. The van der Waals surface area contributed by atoms with E-state index in [4.69, 9.17) is 4.74 Å². The van der Waals surface area contributed by atoms with Gasteiger partial charge in [0.15, 0.2) is 11.6 Å². The fraction of sp³-hybridized carbons (Fsp3) is 0.417. The van der Waals surface area contributed by atoms with Crippen molar-refractivity contribution in [3.8, 4) is 34.1 Å². The number of fused-ring (bicyclic) bond motifs is 2. The highest BCUT2D eigenvalue weighted by Gasteiger charge is 2.42. The van der Waals surface area contributed by atoms with Gasteiger partial charge in [0.05, 0.1) is 31.1 Å². The standard InChI is InChI=1S/C24H26F2N6O2/c1-32(19-9-14-4-3-5-18(29-14)23(19)26)21-12-28-24(31-30-21)15-7-6-13(8-20(15)33)16-10-22(34-2)27-11-17(16)25/h6-8,10-12,14,18-19,23,29,33H,3-5,9H2,1-2H3/t14-,18+,19+,23-/m1/s1. The number of pyridine rings is 1. The summed E-state index contributed by atoms with van der Waals surface area (Å²) in [5, 5.41) is 22.4. The van der Waals surface area contributed by atoms with Crippen molar-refractivity contribution in [3.63, 3.8) is 0 Å². The number of benzene rings is 1. The predicted octanol–water partition coefficient (Wildman–Crippen LogP) is 3.51. The number of phenols is 1. The molecular formula is C24H26F2N6O2. The molecule has 1 aromatic carbocycles. The maximum absolute atomic E-state index is 15.1. The molecule has 3 aromatic rings. The first kappa shape index (κ1) is 22.4. The number of alkyl halides is 1. The molecule has 2 fully saturated rings. The highest BCUT2D eigenvalue weighted by atomic mass is 19.1. The fourth-order valence-corrected chi connectivity index (χ4v) is 4.92. The average molecular weight is 469 g/mol. The van der Waals surface area contributed by atoms with Crippen LogP contribution in [0.25, 0.3) is 22.5 Å². The van der Waals surface area contributed by atoms with E-state index in [1.54, 1.807) is 12.1 Å². The van der Waals surface area contributed by atoms with E-state index in [0.717, 1.165) is 25.5 Å². The fourth-order valence-electron chi connectivity index (χ4n) is 4.92. The van der Waals surface area contributed by atoms with Crippen LogP contribution in [-0.4, -0.2) is 63.7 Å². The molecule has 0 unspecified atom stereocenters. The number of hydrogen-bond acceptors (Lipinski definition) is 8. The second-order valence-corrected chi connectivity index (χ2v) is 8.84. The number of anilines is 1. The number of piperidine rings is 2. The Bertz CT molecular complexity index is 1180. The number of methoxy groups -OCH3 is 1. The molecule has 2 N–H and O–H groups in total. The van der Waals surface area contributed by atoms with E-state index in [2.05, 4.69) is 25.5 Å². The molecule has 2 aliphatic heterocycles. The van der Waals surface area contributed by atoms with Gasteiger partial charge in [0, 0.05) is 30.8 Å². The average Bonchev–Trinajstić information content (AvgIpc) is 2.86. The smallest absolute Gasteiger partial charge is 0.213 e. The molecule has 4 atom stereocenters. The lowest BCUT2D eigenvalue weighted by Crippen LogP contribution is -2.61. The molecule has 2 aromatic heterocycles. The van der Waals surface area contributed by atoms with Crippen LogP contribution in [0, 0.1) is 5.82 Å². The van der Waals surface area contributed by atoms with Gasteiger partial charge in [-0.2, -0.15) is 0 Å². The van der Waals surface area contributed by atoms with Crippen LogP contribution >= 0.6 is 0 Å². The van der Waals surface area contributed by atoms with Crippen LogP contribution in [-0.2, 0) is 0 Å². The summed E-state index contributed by atoms with van der Waals surface area (Å²) in [6, 6.07) is 6.04. The second-order valence-electron chi connectivity index (χ2n) is 8.84. The van der Waals surface area contributed by atoms with Crippen LogP contribution in [0.1, 0.15) is 25.7 Å². The summed E-state index contributed by atoms with van der Waals surface area (Å²) in [4.78, 5) is 9.99. The van der Waals surface area contributed by atoms with E-state index >= 15 is 4.39 Å². The number of phenolic OH excluding ortho intramolecular Hbond substituents is 1. The van der Waals surface area contributed by atoms with Gasteiger partial charge in [-0.25, -0.2) is 18.7 Å². The molecule has 178 valence electrons. The van der Waals surface area contributed by atoms with Crippen LogP contribution in [0.3, 0.4) is 0 Å². The van der Waals surface area contributed by atoms with Crippen molar-refractivity contribution in [3.05, 3.63) is 42.5 Å². The number of halogens is 2. The predicted molar refractivity (Wildman–Crippen MR) is 123 cm³/mol. The van der Waals surface area contributed by atoms with Gasteiger partial charge in [-0.3, -0.25) is 0 Å². The molecule has 0 spiro atoms. The number of rotatable bonds is 5. The summed E-state index contributed by atoms with van der Waals surface area (Å²) < 4.78 is 34.4. The highest BCUT2D eigenvalue weighted by molar-refractivity contribution is 5.73. The molecule has 5 rings (SSSR count). The van der Waals surface area contributed by atoms with Crippen molar-refractivity contribution in [2.45, 2.75) is 50.0 Å². The van der Waals surface area contributed by atoms with E-state index < -0.39 is 12.0 Å². The SMILES string of the molecule is COc1cc(-c2ccc(-c3ncc(N(C)[C@H]4C[C@H]5CCC[C@H](N5)[C@H]4F)nn3)c(O)c2)c(F)cn1. The lowest BCUT2D eigenvalue weighted by atomic mass is 9.82. The van der Waals surface area contributed by atoms with Crippen LogP contribution < -0.4 is 15.0 Å². The largest absolute Gasteiger partial charge is 0.507 e. The normalized spacial score (nSPS) is 24.0. The van der Waals surface area contributed by atoms with Gasteiger partial charge in [-0.05, 0) is 37.0 Å². The second kappa shape index (κ2) is 9.09. The minimum atomic E-state index is -0.994. The summed E-state index contributed by atoms with van der Waals surface area (Å²) in [6.07, 6.45) is 5.27. The lowest BCUT2D eigenvalue weighted by molar-refractivity contribution is 0.107. The van der Waals surface area contributed by atoms with Crippen LogP contribution in [0.15, 0.2) is 36.7 Å². The van der Waals surface area contributed by atoms with Gasteiger partial charge in [0.2, 0.25) is 5.88 Å². The van der Waals surface area contributed by atoms with Gasteiger partial charge in [0.25, 0.3) is 0 Å².